The molecule has 1 heterocycles. The van der Waals surface area contributed by atoms with Crippen LogP contribution in [0, 0.1) is 0 Å². The highest BCUT2D eigenvalue weighted by Gasteiger charge is 2.42. The molecule has 1 saturated heterocycles. The van der Waals surface area contributed by atoms with Crippen LogP contribution < -0.4 is 5.32 Å². The number of likely N-dealkylation sites (tertiary alicyclic amines) is 1. The Labute approximate surface area is 198 Å². The summed E-state index contributed by atoms with van der Waals surface area (Å²) in [4.78, 5) is 38.7. The molecular formula is C26H28N2O6. The van der Waals surface area contributed by atoms with Gasteiger partial charge in [-0.2, -0.15) is 0 Å². The van der Waals surface area contributed by atoms with Gasteiger partial charge >= 0.3 is 12.1 Å². The molecule has 2 aliphatic rings. The Balaban J connectivity index is 1.43. The average molecular weight is 465 g/mol. The fraction of sp³-hybridized carbons (Fsp3) is 0.346. The van der Waals surface area contributed by atoms with Crippen LogP contribution in [0.5, 0.6) is 0 Å². The lowest BCUT2D eigenvalue weighted by atomic mass is 9.98. The van der Waals surface area contributed by atoms with E-state index in [1.165, 1.54) is 18.1 Å². The number of amides is 2. The first-order valence-electron chi connectivity index (χ1n) is 11.2. The number of nitrogens with one attached hydrogen (secondary N) is 1. The number of carboxylic acids is 1. The molecule has 4 rings (SSSR count). The van der Waals surface area contributed by atoms with E-state index < -0.39 is 30.1 Å². The first-order chi connectivity index (χ1) is 16.4. The monoisotopic (exact) mass is 464 g/mol. The lowest BCUT2D eigenvalue weighted by Gasteiger charge is -2.26. The van der Waals surface area contributed by atoms with E-state index in [0.29, 0.717) is 0 Å². The van der Waals surface area contributed by atoms with Crippen LogP contribution in [-0.4, -0.2) is 66.4 Å². The van der Waals surface area contributed by atoms with Gasteiger partial charge in [0.2, 0.25) is 5.91 Å². The van der Waals surface area contributed by atoms with Crippen molar-refractivity contribution in [2.45, 2.75) is 36.9 Å². The number of hydrogen-bond acceptors (Lipinski definition) is 5. The Morgan fingerprint density at radius 3 is 2.32 bits per heavy atom. The Morgan fingerprint density at radius 1 is 1.15 bits per heavy atom. The van der Waals surface area contributed by atoms with E-state index in [1.807, 2.05) is 36.4 Å². The molecule has 0 spiro atoms. The fourth-order valence-corrected chi connectivity index (χ4v) is 4.82. The molecule has 2 aromatic rings. The molecule has 0 saturated carbocycles. The molecule has 0 aromatic heterocycles. The summed E-state index contributed by atoms with van der Waals surface area (Å²) in [5.41, 5.74) is 4.41. The number of rotatable bonds is 8. The van der Waals surface area contributed by atoms with Gasteiger partial charge < -0.3 is 24.8 Å². The number of ether oxygens (including phenoxy) is 2. The molecule has 0 radical (unpaired) electrons. The molecule has 3 atom stereocenters. The van der Waals surface area contributed by atoms with Gasteiger partial charge in [0.1, 0.15) is 18.7 Å². The second-order valence-electron chi connectivity index (χ2n) is 8.48. The average Bonchev–Trinajstić information content (AvgIpc) is 3.42. The van der Waals surface area contributed by atoms with E-state index in [2.05, 4.69) is 24.0 Å². The number of nitrogens with zero attached hydrogens (tertiary/aromatic N) is 1. The van der Waals surface area contributed by atoms with Crippen LogP contribution >= 0.6 is 0 Å². The third-order valence-corrected chi connectivity index (χ3v) is 6.50. The van der Waals surface area contributed by atoms with Crippen molar-refractivity contribution >= 4 is 18.0 Å². The van der Waals surface area contributed by atoms with Gasteiger partial charge in [0.15, 0.2) is 0 Å². The van der Waals surface area contributed by atoms with E-state index in [-0.39, 0.29) is 38.0 Å². The van der Waals surface area contributed by atoms with Gasteiger partial charge in [0, 0.05) is 26.0 Å². The molecule has 3 unspecified atom stereocenters. The highest BCUT2D eigenvalue weighted by atomic mass is 16.5. The molecule has 2 aromatic carbocycles. The number of aliphatic carboxylic acids is 1. The van der Waals surface area contributed by atoms with Gasteiger partial charge in [-0.15, -0.1) is 6.58 Å². The lowest BCUT2D eigenvalue weighted by Crippen LogP contribution is -2.51. The quantitative estimate of drug-likeness (QED) is 0.582. The van der Waals surface area contributed by atoms with Gasteiger partial charge in [-0.3, -0.25) is 4.79 Å². The van der Waals surface area contributed by atoms with Crippen molar-refractivity contribution in [1.82, 2.24) is 10.2 Å². The number of fused-ring (bicyclic) bond motifs is 3. The van der Waals surface area contributed by atoms with Crippen LogP contribution in [0.3, 0.4) is 0 Å². The zero-order chi connectivity index (χ0) is 24.2. The molecule has 1 fully saturated rings. The van der Waals surface area contributed by atoms with Gasteiger partial charge in [-0.1, -0.05) is 54.6 Å². The highest BCUT2D eigenvalue weighted by molar-refractivity contribution is 5.90. The summed E-state index contributed by atoms with van der Waals surface area (Å²) in [6.07, 6.45) is 0.735. The third-order valence-electron chi connectivity index (χ3n) is 6.50. The van der Waals surface area contributed by atoms with E-state index in [1.54, 1.807) is 0 Å². The predicted molar refractivity (Wildman–Crippen MR) is 125 cm³/mol. The molecule has 8 nitrogen and oxygen atoms in total. The van der Waals surface area contributed by atoms with Gasteiger partial charge in [0.05, 0.1) is 6.10 Å². The number of carbonyl (C=O) groups excluding carboxylic acids is 2. The fourth-order valence-electron chi connectivity index (χ4n) is 4.82. The number of carboxylic acid groups (broad SMARTS) is 1. The SMILES string of the molecule is C=CCC(NC(=O)OCC1c2ccccc2-c2ccccc21)C(=O)N1CC(OC)CC1C(=O)O. The summed E-state index contributed by atoms with van der Waals surface area (Å²) in [6.45, 7) is 3.92. The molecule has 2 N–H and O–H groups in total. The molecule has 1 aliphatic heterocycles. The molecule has 178 valence electrons. The molecule has 34 heavy (non-hydrogen) atoms. The van der Waals surface area contributed by atoms with Crippen LogP contribution in [0.1, 0.15) is 29.9 Å². The molecule has 1 aliphatic carbocycles. The molecular weight excluding hydrogens is 436 g/mol. The summed E-state index contributed by atoms with van der Waals surface area (Å²) < 4.78 is 10.8. The van der Waals surface area contributed by atoms with E-state index in [0.717, 1.165) is 22.3 Å². The maximum atomic E-state index is 13.1. The van der Waals surface area contributed by atoms with Gasteiger partial charge in [-0.05, 0) is 28.7 Å². The number of alkyl carbamates (subject to hydrolysis) is 1. The van der Waals surface area contributed by atoms with Crippen LogP contribution in [0.2, 0.25) is 0 Å². The van der Waals surface area contributed by atoms with Crippen LogP contribution in [0.15, 0.2) is 61.2 Å². The van der Waals surface area contributed by atoms with E-state index >= 15 is 0 Å². The summed E-state index contributed by atoms with van der Waals surface area (Å²) in [6, 6.07) is 14.0. The van der Waals surface area contributed by atoms with Crippen molar-refractivity contribution in [3.63, 3.8) is 0 Å². The van der Waals surface area contributed by atoms with Crippen LogP contribution in [-0.2, 0) is 19.1 Å². The van der Waals surface area contributed by atoms with Crippen LogP contribution in [0.4, 0.5) is 4.79 Å². The van der Waals surface area contributed by atoms with Crippen molar-refractivity contribution < 1.29 is 29.0 Å². The Kier molecular flexibility index (Phi) is 6.98. The number of methoxy groups -OCH3 is 1. The number of carbonyl (C=O) groups is 3. The zero-order valence-corrected chi connectivity index (χ0v) is 19.0. The Morgan fingerprint density at radius 2 is 1.76 bits per heavy atom. The van der Waals surface area contributed by atoms with Crippen molar-refractivity contribution in [3.8, 4) is 11.1 Å². The Bertz CT molecular complexity index is 1050. The largest absolute Gasteiger partial charge is 0.480 e. The lowest BCUT2D eigenvalue weighted by molar-refractivity contribution is -0.148. The first kappa shape index (κ1) is 23.5. The van der Waals surface area contributed by atoms with Crippen molar-refractivity contribution in [1.29, 1.82) is 0 Å². The predicted octanol–water partition coefficient (Wildman–Crippen LogP) is 3.17. The first-order valence-corrected chi connectivity index (χ1v) is 11.2. The molecule has 8 heteroatoms. The zero-order valence-electron chi connectivity index (χ0n) is 19.0. The highest BCUT2D eigenvalue weighted by Crippen LogP contribution is 2.44. The van der Waals surface area contributed by atoms with Crippen molar-refractivity contribution in [2.24, 2.45) is 0 Å². The Hall–Kier alpha value is -3.65. The summed E-state index contributed by atoms with van der Waals surface area (Å²) >= 11 is 0. The smallest absolute Gasteiger partial charge is 0.407 e. The minimum Gasteiger partial charge on any atom is -0.480 e. The molecule has 2 amide bonds. The minimum atomic E-state index is -1.11. The normalized spacial score (nSPS) is 19.7. The third kappa shape index (κ3) is 4.54. The van der Waals surface area contributed by atoms with Gasteiger partial charge in [-0.25, -0.2) is 9.59 Å². The standard InChI is InChI=1S/C26H28N2O6/c1-3-8-22(24(29)28-14-16(33-2)13-23(28)25(30)31)27-26(32)34-15-21-19-11-6-4-9-17(19)18-10-5-7-12-20(18)21/h3-7,9-12,16,21-23H,1,8,13-15H2,2H3,(H,27,32)(H,30,31). The second kappa shape index (κ2) is 10.1. The molecule has 0 bridgehead atoms. The maximum Gasteiger partial charge on any atom is 0.407 e. The van der Waals surface area contributed by atoms with Crippen LogP contribution in [0.25, 0.3) is 11.1 Å². The van der Waals surface area contributed by atoms with E-state index in [4.69, 9.17) is 9.47 Å². The second-order valence-corrected chi connectivity index (χ2v) is 8.48. The summed E-state index contributed by atoms with van der Waals surface area (Å²) in [7, 11) is 1.48. The van der Waals surface area contributed by atoms with Crippen molar-refractivity contribution in [2.75, 3.05) is 20.3 Å². The summed E-state index contributed by atoms with van der Waals surface area (Å²) in [5, 5.41) is 12.1. The topological polar surface area (TPSA) is 105 Å². The number of benzene rings is 2. The summed E-state index contributed by atoms with van der Waals surface area (Å²) in [5.74, 6) is -1.71. The maximum absolute atomic E-state index is 13.1. The van der Waals surface area contributed by atoms with E-state index in [9.17, 15) is 19.5 Å². The minimum absolute atomic E-state index is 0.107. The number of hydrogen-bond donors (Lipinski definition) is 2. The van der Waals surface area contributed by atoms with Gasteiger partial charge in [0.25, 0.3) is 0 Å². The van der Waals surface area contributed by atoms with Crippen molar-refractivity contribution in [3.05, 3.63) is 72.3 Å².